The molecular formula is C44H48ClN7O7S2. The second-order valence-corrected chi connectivity index (χ2v) is 18.1. The number of nitro groups is 1. The number of nitrogens with one attached hydrogen (secondary N) is 3. The van der Waals surface area contributed by atoms with E-state index < -0.39 is 37.5 Å². The van der Waals surface area contributed by atoms with Crippen LogP contribution in [0.1, 0.15) is 27.9 Å². The molecule has 0 radical (unpaired) electrons. The van der Waals surface area contributed by atoms with E-state index in [9.17, 15) is 28.1 Å². The fraction of sp³-hybridized carbons (Fsp3) is 0.273. The molecule has 1 aliphatic heterocycles. The van der Waals surface area contributed by atoms with Gasteiger partial charge in [0.25, 0.3) is 21.6 Å². The zero-order valence-electron chi connectivity index (χ0n) is 33.8. The molecule has 320 valence electrons. The number of carbonyl (C=O) groups is 2. The van der Waals surface area contributed by atoms with E-state index >= 15 is 0 Å². The summed E-state index contributed by atoms with van der Waals surface area (Å²) in [6.45, 7) is 4.44. The van der Waals surface area contributed by atoms with Gasteiger partial charge in [0.2, 0.25) is 0 Å². The number of hydrogen-bond donors (Lipinski definition) is 4. The minimum atomic E-state index is -4.47. The van der Waals surface area contributed by atoms with Crippen molar-refractivity contribution in [3.05, 3.63) is 147 Å². The molecule has 1 unspecified atom stereocenters. The number of anilines is 2. The normalized spacial score (nSPS) is 13.7. The number of carbonyl (C=O) groups excluding carboxylic acids is 1. The van der Waals surface area contributed by atoms with E-state index in [1.165, 1.54) is 12.1 Å². The molecule has 14 nitrogen and oxygen atoms in total. The van der Waals surface area contributed by atoms with Gasteiger partial charge in [0, 0.05) is 78.3 Å². The monoisotopic (exact) mass is 885 g/mol. The Bertz CT molecular complexity index is 2420. The first-order valence-electron chi connectivity index (χ1n) is 19.6. The van der Waals surface area contributed by atoms with Gasteiger partial charge in [-0.05, 0) is 110 Å². The molecule has 0 bridgehead atoms. The van der Waals surface area contributed by atoms with Crippen LogP contribution in [-0.4, -0.2) is 98.9 Å². The van der Waals surface area contributed by atoms with Gasteiger partial charge >= 0.3 is 6.09 Å². The van der Waals surface area contributed by atoms with E-state index in [4.69, 9.17) is 16.7 Å². The molecule has 1 heterocycles. The highest BCUT2D eigenvalue weighted by Gasteiger charge is 2.26. The maximum absolute atomic E-state index is 13.4. The van der Waals surface area contributed by atoms with Crippen LogP contribution in [0, 0.1) is 10.1 Å². The minimum absolute atomic E-state index is 0.116. The van der Waals surface area contributed by atoms with Crippen LogP contribution in [-0.2, 0) is 23.1 Å². The van der Waals surface area contributed by atoms with E-state index in [2.05, 4.69) is 25.2 Å². The molecule has 0 saturated carbocycles. The molecule has 1 atom stereocenters. The minimum Gasteiger partial charge on any atom is -0.465 e. The molecule has 1 fully saturated rings. The van der Waals surface area contributed by atoms with Crippen LogP contribution in [0.25, 0.3) is 11.1 Å². The van der Waals surface area contributed by atoms with Crippen molar-refractivity contribution in [1.82, 2.24) is 19.8 Å². The number of sulfonamides is 1. The third-order valence-electron chi connectivity index (χ3n) is 10.2. The van der Waals surface area contributed by atoms with Gasteiger partial charge in [-0.15, -0.1) is 11.8 Å². The third-order valence-corrected chi connectivity index (χ3v) is 13.0. The zero-order valence-corrected chi connectivity index (χ0v) is 36.2. The van der Waals surface area contributed by atoms with Gasteiger partial charge in [-0.2, -0.15) is 0 Å². The van der Waals surface area contributed by atoms with Gasteiger partial charge in [0.05, 0.1) is 9.82 Å². The Hall–Kier alpha value is -5.65. The fourth-order valence-corrected chi connectivity index (χ4v) is 9.05. The Kier molecular flexibility index (Phi) is 15.3. The molecule has 61 heavy (non-hydrogen) atoms. The summed E-state index contributed by atoms with van der Waals surface area (Å²) in [5, 5.41) is 27.7. The fourth-order valence-electron chi connectivity index (χ4n) is 6.94. The summed E-state index contributed by atoms with van der Waals surface area (Å²) in [5.41, 5.74) is 4.72. The van der Waals surface area contributed by atoms with Crippen molar-refractivity contribution in [3.63, 3.8) is 0 Å². The predicted molar refractivity (Wildman–Crippen MR) is 241 cm³/mol. The van der Waals surface area contributed by atoms with Crippen molar-refractivity contribution >= 4 is 62.4 Å². The molecule has 5 aromatic carbocycles. The lowest BCUT2D eigenvalue weighted by atomic mass is 9.96. The summed E-state index contributed by atoms with van der Waals surface area (Å²) in [5.74, 6) is -0.237. The van der Waals surface area contributed by atoms with Gasteiger partial charge in [-0.3, -0.25) is 19.8 Å². The van der Waals surface area contributed by atoms with Crippen LogP contribution < -0.4 is 20.3 Å². The largest absolute Gasteiger partial charge is 0.465 e. The standard InChI is InChI=1S/C44H48ClN7O7S2/c1-49(2)21-20-36(30-60-38-6-4-3-5-7-38)47-41-19-17-39(27-42(41)52(56)57)61(58,59)48-43(53)33-11-15-37(16-12-33)51-24-22-50(23-25-51)29-34-26-31(28-46-44(54)55)8-18-40(34)32-9-13-35(45)14-10-32/h3-19,26-27,36,46-47H,20-25,28-30H2,1-2H3,(H,48,53)(H,54,55). The van der Waals surface area contributed by atoms with Crippen LogP contribution in [0.5, 0.6) is 0 Å². The van der Waals surface area contributed by atoms with Crippen LogP contribution in [0.4, 0.5) is 21.9 Å². The van der Waals surface area contributed by atoms with Crippen molar-refractivity contribution in [2.45, 2.75) is 35.3 Å². The highest BCUT2D eigenvalue weighted by atomic mass is 35.5. The van der Waals surface area contributed by atoms with Crippen molar-refractivity contribution in [3.8, 4) is 11.1 Å². The van der Waals surface area contributed by atoms with E-state index in [1.807, 2.05) is 91.8 Å². The van der Waals surface area contributed by atoms with Gasteiger partial charge < -0.3 is 25.5 Å². The number of nitro benzene ring substituents is 1. The number of amides is 2. The Morgan fingerprint density at radius 2 is 1.62 bits per heavy atom. The molecular weight excluding hydrogens is 838 g/mol. The van der Waals surface area contributed by atoms with Gasteiger partial charge in [0.1, 0.15) is 5.69 Å². The molecule has 2 amide bonds. The molecule has 6 rings (SSSR count). The van der Waals surface area contributed by atoms with Gasteiger partial charge in [0.15, 0.2) is 0 Å². The molecule has 0 aliphatic carbocycles. The summed E-state index contributed by atoms with van der Waals surface area (Å²) in [6, 6.07) is 33.5. The van der Waals surface area contributed by atoms with Crippen molar-refractivity contribution < 1.29 is 28.0 Å². The third kappa shape index (κ3) is 12.7. The van der Waals surface area contributed by atoms with Crippen molar-refractivity contribution in [2.75, 3.05) is 62.8 Å². The maximum Gasteiger partial charge on any atom is 0.404 e. The van der Waals surface area contributed by atoms with Crippen molar-refractivity contribution in [1.29, 1.82) is 0 Å². The Morgan fingerprint density at radius 3 is 2.28 bits per heavy atom. The Labute approximate surface area is 365 Å². The van der Waals surface area contributed by atoms with E-state index in [-0.39, 0.29) is 23.8 Å². The van der Waals surface area contributed by atoms with E-state index in [1.54, 1.807) is 36.0 Å². The van der Waals surface area contributed by atoms with Crippen molar-refractivity contribution in [2.24, 2.45) is 0 Å². The molecule has 1 saturated heterocycles. The SMILES string of the molecule is CN(C)CCC(CSc1ccccc1)Nc1ccc(S(=O)(=O)NC(=O)c2ccc(N3CCN(Cc4cc(CNC(=O)O)ccc4-c4ccc(Cl)cc4)CC3)cc2)cc1[N+](=O)[O-]. The van der Waals surface area contributed by atoms with Gasteiger partial charge in [-0.1, -0.05) is 60.1 Å². The predicted octanol–water partition coefficient (Wildman–Crippen LogP) is 7.65. The van der Waals surface area contributed by atoms with Crippen LogP contribution in [0.15, 0.2) is 125 Å². The summed E-state index contributed by atoms with van der Waals surface area (Å²) in [4.78, 5) is 43.1. The first-order valence-corrected chi connectivity index (χ1v) is 22.5. The average Bonchev–Trinajstić information content (AvgIpc) is 3.24. The molecule has 0 spiro atoms. The number of benzene rings is 5. The lowest BCUT2D eigenvalue weighted by Gasteiger charge is -2.36. The summed E-state index contributed by atoms with van der Waals surface area (Å²) >= 11 is 7.77. The average molecular weight is 886 g/mol. The van der Waals surface area contributed by atoms with E-state index in [0.717, 1.165) is 58.5 Å². The number of rotatable bonds is 18. The lowest BCUT2D eigenvalue weighted by Crippen LogP contribution is -2.46. The first-order chi connectivity index (χ1) is 29.2. The number of thioether (sulfide) groups is 1. The summed E-state index contributed by atoms with van der Waals surface area (Å²) < 4.78 is 28.9. The van der Waals surface area contributed by atoms with Crippen LogP contribution >= 0.6 is 23.4 Å². The number of nitrogens with zero attached hydrogens (tertiary/aromatic N) is 4. The zero-order chi connectivity index (χ0) is 43.5. The molecule has 4 N–H and O–H groups in total. The highest BCUT2D eigenvalue weighted by molar-refractivity contribution is 7.99. The Morgan fingerprint density at radius 1 is 0.918 bits per heavy atom. The summed E-state index contributed by atoms with van der Waals surface area (Å²) in [6.07, 6.45) is -0.399. The molecule has 5 aromatic rings. The quantitative estimate of drug-likeness (QED) is 0.0385. The summed E-state index contributed by atoms with van der Waals surface area (Å²) in [7, 11) is -0.568. The second-order valence-electron chi connectivity index (χ2n) is 14.9. The lowest BCUT2D eigenvalue weighted by molar-refractivity contribution is -0.384. The van der Waals surface area contributed by atoms with Crippen LogP contribution in [0.3, 0.4) is 0 Å². The smallest absolute Gasteiger partial charge is 0.404 e. The number of halogens is 1. The van der Waals surface area contributed by atoms with Crippen LogP contribution in [0.2, 0.25) is 5.02 Å². The topological polar surface area (TPSA) is 177 Å². The Balaban J connectivity index is 1.07. The molecule has 17 heteroatoms. The molecule has 1 aliphatic rings. The molecule has 0 aromatic heterocycles. The maximum atomic E-state index is 13.4. The van der Waals surface area contributed by atoms with E-state index in [0.29, 0.717) is 36.8 Å². The second kappa shape index (κ2) is 20.7. The number of hydrogen-bond acceptors (Lipinski definition) is 11. The van der Waals surface area contributed by atoms with Gasteiger partial charge in [-0.25, -0.2) is 17.9 Å². The number of carboxylic acid groups (broad SMARTS) is 1. The number of piperazine rings is 1. The highest BCUT2D eigenvalue weighted by Crippen LogP contribution is 2.31. The first kappa shape index (κ1) is 44.9.